The summed E-state index contributed by atoms with van der Waals surface area (Å²) in [6, 6.07) is 69.0. The summed E-state index contributed by atoms with van der Waals surface area (Å²) >= 11 is 0. The maximum absolute atomic E-state index is 2.47. The van der Waals surface area contributed by atoms with Crippen molar-refractivity contribution in [2.24, 2.45) is 0 Å². The number of fused-ring (bicyclic) bond motifs is 4. The number of hydrogen-bond acceptors (Lipinski definition) is 1. The van der Waals surface area contributed by atoms with Crippen molar-refractivity contribution in [3.63, 3.8) is 0 Å². The SMILES string of the molecule is CCC1(CC)c2ccccc2-c2cc3cc(N(c4ccc(-c5ccccc5)cc4)c4ccc(-c5ccccc5-c5ccccc5)cc4)ccc3cc21. The first-order chi connectivity index (χ1) is 25.7. The quantitative estimate of drug-likeness (QED) is 0.156. The lowest BCUT2D eigenvalue weighted by Crippen LogP contribution is -2.22. The van der Waals surface area contributed by atoms with E-state index in [9.17, 15) is 0 Å². The molecule has 0 unspecified atom stereocenters. The topological polar surface area (TPSA) is 3.24 Å². The lowest BCUT2D eigenvalue weighted by Gasteiger charge is -2.30. The summed E-state index contributed by atoms with van der Waals surface area (Å²) in [7, 11) is 0. The fourth-order valence-electron chi connectivity index (χ4n) is 8.61. The Bertz CT molecular complexity index is 2510. The van der Waals surface area contributed by atoms with Crippen molar-refractivity contribution in [3.8, 4) is 44.5 Å². The normalized spacial score (nSPS) is 12.7. The molecule has 0 bridgehead atoms. The standard InChI is InChI=1S/C51H41N/c1-3-51(4-2)49-22-14-13-21-47(49)48-34-41-33-44(32-27-40(41)35-50(48)51)52(42-28-23-37(24-29-42)36-15-7-5-8-16-36)43-30-25-39(26-31-43)46-20-12-11-19-45(46)38-17-9-6-10-18-38/h5-35H,3-4H2,1-2H3. The van der Waals surface area contributed by atoms with Crippen molar-refractivity contribution in [2.45, 2.75) is 32.1 Å². The number of benzene rings is 8. The van der Waals surface area contributed by atoms with E-state index in [0.717, 1.165) is 29.9 Å². The molecule has 0 aliphatic heterocycles. The molecule has 8 aromatic rings. The minimum atomic E-state index is 0.0617. The molecule has 1 aliphatic rings. The van der Waals surface area contributed by atoms with Gasteiger partial charge < -0.3 is 4.90 Å². The Morgan fingerprint density at radius 2 is 0.827 bits per heavy atom. The summed E-state index contributed by atoms with van der Waals surface area (Å²) in [6.07, 6.45) is 2.19. The molecule has 0 radical (unpaired) electrons. The maximum atomic E-state index is 2.47. The van der Waals surface area contributed by atoms with Gasteiger partial charge in [0.05, 0.1) is 0 Å². The number of hydrogen-bond donors (Lipinski definition) is 0. The van der Waals surface area contributed by atoms with E-state index in [4.69, 9.17) is 0 Å². The molecule has 9 rings (SSSR count). The number of nitrogens with zero attached hydrogens (tertiary/aromatic N) is 1. The maximum Gasteiger partial charge on any atom is 0.0468 e. The van der Waals surface area contributed by atoms with Crippen LogP contribution in [0.15, 0.2) is 188 Å². The largest absolute Gasteiger partial charge is 0.310 e. The van der Waals surface area contributed by atoms with Gasteiger partial charge in [0, 0.05) is 22.5 Å². The molecule has 0 saturated carbocycles. The van der Waals surface area contributed by atoms with E-state index in [2.05, 4.69) is 207 Å². The van der Waals surface area contributed by atoms with Gasteiger partial charge in [-0.3, -0.25) is 0 Å². The molecule has 1 aliphatic carbocycles. The van der Waals surface area contributed by atoms with Gasteiger partial charge in [-0.25, -0.2) is 0 Å². The number of rotatable bonds is 8. The predicted molar refractivity (Wildman–Crippen MR) is 222 cm³/mol. The summed E-state index contributed by atoms with van der Waals surface area (Å²) in [4.78, 5) is 2.39. The summed E-state index contributed by atoms with van der Waals surface area (Å²) in [5.74, 6) is 0. The van der Waals surface area contributed by atoms with Gasteiger partial charge >= 0.3 is 0 Å². The molecular formula is C51H41N. The second-order valence-electron chi connectivity index (χ2n) is 14.0. The van der Waals surface area contributed by atoms with Crippen LogP contribution in [-0.2, 0) is 5.41 Å². The van der Waals surface area contributed by atoms with E-state index in [1.165, 1.54) is 66.4 Å². The van der Waals surface area contributed by atoms with Gasteiger partial charge in [-0.2, -0.15) is 0 Å². The van der Waals surface area contributed by atoms with Gasteiger partial charge in [0.25, 0.3) is 0 Å². The van der Waals surface area contributed by atoms with Crippen LogP contribution in [-0.4, -0.2) is 0 Å². The third kappa shape index (κ3) is 5.33. The van der Waals surface area contributed by atoms with Gasteiger partial charge in [-0.15, -0.1) is 0 Å². The molecule has 250 valence electrons. The van der Waals surface area contributed by atoms with Crippen LogP contribution in [0.4, 0.5) is 17.1 Å². The van der Waals surface area contributed by atoms with E-state index in [1.807, 2.05) is 0 Å². The fraction of sp³-hybridized carbons (Fsp3) is 0.0980. The Kier molecular flexibility index (Phi) is 8.05. The second kappa shape index (κ2) is 13.2. The van der Waals surface area contributed by atoms with Gasteiger partial charge in [0.15, 0.2) is 0 Å². The molecule has 1 nitrogen and oxygen atoms in total. The highest BCUT2D eigenvalue weighted by Crippen LogP contribution is 2.54. The van der Waals surface area contributed by atoms with Crippen LogP contribution in [0.5, 0.6) is 0 Å². The summed E-state index contributed by atoms with van der Waals surface area (Å²) in [5.41, 5.74) is 16.5. The first-order valence-corrected chi connectivity index (χ1v) is 18.6. The Hall–Kier alpha value is -6.18. The summed E-state index contributed by atoms with van der Waals surface area (Å²) in [6.45, 7) is 4.68. The Morgan fingerprint density at radius 1 is 0.346 bits per heavy atom. The van der Waals surface area contributed by atoms with Gasteiger partial charge in [0.2, 0.25) is 0 Å². The van der Waals surface area contributed by atoms with Crippen molar-refractivity contribution in [1.82, 2.24) is 0 Å². The minimum absolute atomic E-state index is 0.0617. The highest BCUT2D eigenvalue weighted by atomic mass is 15.1. The zero-order valence-corrected chi connectivity index (χ0v) is 29.8. The fourth-order valence-corrected chi connectivity index (χ4v) is 8.61. The van der Waals surface area contributed by atoms with E-state index in [0.29, 0.717) is 0 Å². The van der Waals surface area contributed by atoms with Crippen molar-refractivity contribution < 1.29 is 0 Å². The van der Waals surface area contributed by atoms with E-state index >= 15 is 0 Å². The molecule has 0 heterocycles. The molecule has 0 fully saturated rings. The van der Waals surface area contributed by atoms with Crippen LogP contribution in [0.2, 0.25) is 0 Å². The van der Waals surface area contributed by atoms with Gasteiger partial charge in [-0.05, 0) is 128 Å². The van der Waals surface area contributed by atoms with E-state index in [1.54, 1.807) is 0 Å². The van der Waals surface area contributed by atoms with Crippen molar-refractivity contribution in [2.75, 3.05) is 4.90 Å². The Morgan fingerprint density at radius 3 is 1.44 bits per heavy atom. The van der Waals surface area contributed by atoms with Gasteiger partial charge in [-0.1, -0.05) is 153 Å². The lowest BCUT2D eigenvalue weighted by atomic mass is 9.73. The molecule has 0 N–H and O–H groups in total. The molecule has 0 amide bonds. The van der Waals surface area contributed by atoms with Crippen molar-refractivity contribution in [1.29, 1.82) is 0 Å². The van der Waals surface area contributed by atoms with Crippen LogP contribution in [0.25, 0.3) is 55.3 Å². The van der Waals surface area contributed by atoms with Crippen molar-refractivity contribution in [3.05, 3.63) is 199 Å². The Balaban J connectivity index is 1.16. The first kappa shape index (κ1) is 31.8. The third-order valence-electron chi connectivity index (χ3n) is 11.4. The van der Waals surface area contributed by atoms with Gasteiger partial charge in [0.1, 0.15) is 0 Å². The first-order valence-electron chi connectivity index (χ1n) is 18.6. The highest BCUT2D eigenvalue weighted by Gasteiger charge is 2.40. The monoisotopic (exact) mass is 667 g/mol. The molecule has 0 atom stereocenters. The van der Waals surface area contributed by atoms with E-state index in [-0.39, 0.29) is 5.41 Å². The van der Waals surface area contributed by atoms with Crippen LogP contribution in [0.3, 0.4) is 0 Å². The highest BCUT2D eigenvalue weighted by molar-refractivity contribution is 5.96. The molecular weight excluding hydrogens is 627 g/mol. The smallest absolute Gasteiger partial charge is 0.0468 e. The second-order valence-corrected chi connectivity index (χ2v) is 14.0. The number of anilines is 3. The average molecular weight is 668 g/mol. The third-order valence-corrected chi connectivity index (χ3v) is 11.4. The van der Waals surface area contributed by atoms with Crippen LogP contribution in [0, 0.1) is 0 Å². The lowest BCUT2D eigenvalue weighted by molar-refractivity contribution is 0.491. The van der Waals surface area contributed by atoms with Crippen LogP contribution >= 0.6 is 0 Å². The average Bonchev–Trinajstić information content (AvgIpc) is 3.50. The van der Waals surface area contributed by atoms with E-state index < -0.39 is 0 Å². The molecule has 0 aromatic heterocycles. The zero-order valence-electron chi connectivity index (χ0n) is 29.8. The van der Waals surface area contributed by atoms with Crippen LogP contribution in [0.1, 0.15) is 37.8 Å². The molecule has 1 heteroatoms. The minimum Gasteiger partial charge on any atom is -0.310 e. The molecule has 52 heavy (non-hydrogen) atoms. The summed E-state index contributed by atoms with van der Waals surface area (Å²) in [5, 5.41) is 2.54. The van der Waals surface area contributed by atoms with Crippen LogP contribution < -0.4 is 4.90 Å². The molecule has 0 spiro atoms. The van der Waals surface area contributed by atoms with Crippen molar-refractivity contribution >= 4 is 27.8 Å². The summed E-state index contributed by atoms with van der Waals surface area (Å²) < 4.78 is 0. The Labute approximate surface area is 307 Å². The predicted octanol–water partition coefficient (Wildman–Crippen LogP) is 14.4. The molecule has 0 saturated heterocycles. The zero-order chi connectivity index (χ0) is 35.1. The molecule has 8 aromatic carbocycles.